The van der Waals surface area contributed by atoms with E-state index < -0.39 is 4.92 Å². The van der Waals surface area contributed by atoms with Crippen LogP contribution >= 0.6 is 0 Å². The molecule has 1 saturated heterocycles. The second kappa shape index (κ2) is 7.63. The van der Waals surface area contributed by atoms with Crippen molar-refractivity contribution in [2.24, 2.45) is 5.92 Å². The zero-order chi connectivity index (χ0) is 17.8. The Morgan fingerprint density at radius 3 is 2.80 bits per heavy atom. The monoisotopic (exact) mass is 346 g/mol. The predicted octanol–water partition coefficient (Wildman–Crippen LogP) is 2.97. The van der Waals surface area contributed by atoms with Gasteiger partial charge < -0.3 is 9.64 Å². The fraction of sp³-hybridized carbons (Fsp3) is 0.556. The van der Waals surface area contributed by atoms with Crippen molar-refractivity contribution < 1.29 is 19.2 Å². The van der Waals surface area contributed by atoms with E-state index in [9.17, 15) is 19.7 Å². The molecule has 2 atom stereocenters. The van der Waals surface area contributed by atoms with Crippen molar-refractivity contribution in [3.63, 3.8) is 0 Å². The zero-order valence-electron chi connectivity index (χ0n) is 14.1. The summed E-state index contributed by atoms with van der Waals surface area (Å²) in [5.41, 5.74) is -0.0990. The van der Waals surface area contributed by atoms with Crippen molar-refractivity contribution in [1.82, 2.24) is 4.90 Å². The molecule has 7 nitrogen and oxygen atoms in total. The molecule has 0 aromatic heterocycles. The third-order valence-corrected chi connectivity index (χ3v) is 5.23. The second-order valence-electron chi connectivity index (χ2n) is 6.73. The highest BCUT2D eigenvalue weighted by Gasteiger charge is 2.35. The largest absolute Gasteiger partial charge is 0.477 e. The van der Waals surface area contributed by atoms with Gasteiger partial charge in [0.25, 0.3) is 5.91 Å². The molecule has 0 spiro atoms. The number of rotatable bonds is 5. The Bertz CT molecular complexity index is 673. The molecule has 2 aliphatic rings. The van der Waals surface area contributed by atoms with Crippen LogP contribution in [0.3, 0.4) is 0 Å². The first kappa shape index (κ1) is 17.4. The highest BCUT2D eigenvalue weighted by molar-refractivity contribution is 5.79. The molecule has 25 heavy (non-hydrogen) atoms. The summed E-state index contributed by atoms with van der Waals surface area (Å²) in [5.74, 6) is 0.471. The van der Waals surface area contributed by atoms with Crippen molar-refractivity contribution in [3.05, 3.63) is 33.9 Å². The number of fused-ring (bicyclic) bond motifs is 1. The highest BCUT2D eigenvalue weighted by atomic mass is 16.6. The van der Waals surface area contributed by atoms with Crippen LogP contribution in [0.5, 0.6) is 5.75 Å². The SMILES string of the molecule is O=Cc1ccc(OCC(=O)N2CCC[C@@H]3CCCC[C@@H]32)c([N+](=O)[O-])c1. The van der Waals surface area contributed by atoms with Gasteiger partial charge in [-0.2, -0.15) is 0 Å². The summed E-state index contributed by atoms with van der Waals surface area (Å²) >= 11 is 0. The summed E-state index contributed by atoms with van der Waals surface area (Å²) in [5, 5.41) is 11.1. The topological polar surface area (TPSA) is 89.8 Å². The lowest BCUT2D eigenvalue weighted by molar-refractivity contribution is -0.385. The number of likely N-dealkylation sites (tertiary alicyclic amines) is 1. The number of ether oxygens (including phenoxy) is 1. The van der Waals surface area contributed by atoms with Crippen LogP contribution < -0.4 is 4.74 Å². The molecule has 0 radical (unpaired) electrons. The van der Waals surface area contributed by atoms with Gasteiger partial charge in [-0.3, -0.25) is 19.7 Å². The minimum Gasteiger partial charge on any atom is -0.477 e. The first-order chi connectivity index (χ1) is 12.1. The van der Waals surface area contributed by atoms with Crippen molar-refractivity contribution >= 4 is 17.9 Å². The molecule has 0 N–H and O–H groups in total. The number of amides is 1. The molecular formula is C18H22N2O5. The normalized spacial score (nSPS) is 22.8. The Balaban J connectivity index is 1.67. The third-order valence-electron chi connectivity index (χ3n) is 5.23. The van der Waals surface area contributed by atoms with E-state index in [1.807, 2.05) is 4.90 Å². The van der Waals surface area contributed by atoms with Gasteiger partial charge in [0.15, 0.2) is 12.4 Å². The minimum absolute atomic E-state index is 0.0150. The molecule has 1 aromatic carbocycles. The first-order valence-corrected chi connectivity index (χ1v) is 8.76. The maximum Gasteiger partial charge on any atom is 0.311 e. The third kappa shape index (κ3) is 3.81. The van der Waals surface area contributed by atoms with Gasteiger partial charge in [-0.1, -0.05) is 12.8 Å². The van der Waals surface area contributed by atoms with Crippen LogP contribution in [0.2, 0.25) is 0 Å². The van der Waals surface area contributed by atoms with E-state index in [1.54, 1.807) is 0 Å². The summed E-state index contributed by atoms with van der Waals surface area (Å²) in [6.45, 7) is 0.514. The molecule has 1 amide bonds. The molecule has 1 heterocycles. The van der Waals surface area contributed by atoms with Crippen molar-refractivity contribution in [1.29, 1.82) is 0 Å². The maximum absolute atomic E-state index is 12.6. The number of nitro benzene ring substituents is 1. The van der Waals surface area contributed by atoms with Crippen LogP contribution in [0, 0.1) is 16.0 Å². The number of benzene rings is 1. The number of carbonyl (C=O) groups excluding carboxylic acids is 2. The van der Waals surface area contributed by atoms with Crippen LogP contribution in [-0.4, -0.2) is 41.2 Å². The Labute approximate surface area is 146 Å². The Kier molecular flexibility index (Phi) is 5.31. The molecule has 2 fully saturated rings. The Morgan fingerprint density at radius 1 is 1.28 bits per heavy atom. The van der Waals surface area contributed by atoms with E-state index >= 15 is 0 Å². The standard InChI is InChI=1S/C18H22N2O5/c21-11-13-7-8-17(16(10-13)20(23)24)25-12-18(22)19-9-3-5-14-4-1-2-6-15(14)19/h7-8,10-11,14-15H,1-6,9,12H2/t14-,15-/m0/s1. The van der Waals surface area contributed by atoms with Gasteiger partial charge in [-0.15, -0.1) is 0 Å². The van der Waals surface area contributed by atoms with Crippen molar-refractivity contribution in [2.75, 3.05) is 13.2 Å². The summed E-state index contributed by atoms with van der Waals surface area (Å²) in [6, 6.07) is 4.25. The number of carbonyl (C=O) groups is 2. The fourth-order valence-electron chi connectivity index (χ4n) is 4.03. The molecule has 1 saturated carbocycles. The van der Waals surface area contributed by atoms with Crippen LogP contribution in [-0.2, 0) is 4.79 Å². The average molecular weight is 346 g/mol. The lowest BCUT2D eigenvalue weighted by Crippen LogP contribution is -2.51. The number of piperidine rings is 1. The van der Waals surface area contributed by atoms with Crippen molar-refractivity contribution in [2.45, 2.75) is 44.6 Å². The number of aldehydes is 1. The van der Waals surface area contributed by atoms with Gasteiger partial charge in [0.2, 0.25) is 0 Å². The molecule has 3 rings (SSSR count). The van der Waals surface area contributed by atoms with Crippen LogP contribution in [0.4, 0.5) is 5.69 Å². The molecule has 1 aromatic rings. The lowest BCUT2D eigenvalue weighted by Gasteiger charge is -2.44. The van der Waals surface area contributed by atoms with E-state index in [4.69, 9.17) is 4.74 Å². The Hall–Kier alpha value is -2.44. The summed E-state index contributed by atoms with van der Waals surface area (Å²) < 4.78 is 5.44. The second-order valence-corrected chi connectivity index (χ2v) is 6.73. The summed E-state index contributed by atoms with van der Waals surface area (Å²) in [4.78, 5) is 35.8. The fourth-order valence-corrected chi connectivity index (χ4v) is 4.03. The first-order valence-electron chi connectivity index (χ1n) is 8.76. The maximum atomic E-state index is 12.6. The molecule has 0 unspecified atom stereocenters. The Morgan fingerprint density at radius 2 is 2.04 bits per heavy atom. The highest BCUT2D eigenvalue weighted by Crippen LogP contribution is 2.35. The quantitative estimate of drug-likeness (QED) is 0.464. The van der Waals surface area contributed by atoms with Gasteiger partial charge in [0.1, 0.15) is 6.29 Å². The molecular weight excluding hydrogens is 324 g/mol. The summed E-state index contributed by atoms with van der Waals surface area (Å²) in [6.07, 6.45) is 7.30. The van der Waals surface area contributed by atoms with Gasteiger partial charge in [-0.25, -0.2) is 0 Å². The minimum atomic E-state index is -0.606. The number of nitro groups is 1. The van der Waals surface area contributed by atoms with Gasteiger partial charge in [-0.05, 0) is 43.7 Å². The van der Waals surface area contributed by atoms with Crippen LogP contribution in [0.1, 0.15) is 48.9 Å². The predicted molar refractivity (Wildman–Crippen MR) is 90.7 cm³/mol. The summed E-state index contributed by atoms with van der Waals surface area (Å²) in [7, 11) is 0. The molecule has 7 heteroatoms. The molecule has 134 valence electrons. The van der Waals surface area contributed by atoms with Gasteiger partial charge in [0.05, 0.1) is 4.92 Å². The van der Waals surface area contributed by atoms with E-state index in [0.29, 0.717) is 12.2 Å². The molecule has 1 aliphatic heterocycles. The van der Waals surface area contributed by atoms with Crippen LogP contribution in [0.15, 0.2) is 18.2 Å². The smallest absolute Gasteiger partial charge is 0.311 e. The van der Waals surface area contributed by atoms with E-state index in [0.717, 1.165) is 31.9 Å². The van der Waals surface area contributed by atoms with Crippen LogP contribution in [0.25, 0.3) is 0 Å². The van der Waals surface area contributed by atoms with Gasteiger partial charge >= 0.3 is 5.69 Å². The van der Waals surface area contributed by atoms with E-state index in [1.165, 1.54) is 31.4 Å². The number of hydrogen-bond acceptors (Lipinski definition) is 5. The van der Waals surface area contributed by atoms with E-state index in [2.05, 4.69) is 0 Å². The van der Waals surface area contributed by atoms with Gasteiger partial charge in [0, 0.05) is 24.2 Å². The average Bonchev–Trinajstić information content (AvgIpc) is 2.65. The number of nitrogens with zero attached hydrogens (tertiary/aromatic N) is 2. The lowest BCUT2D eigenvalue weighted by atomic mass is 9.78. The zero-order valence-corrected chi connectivity index (χ0v) is 14.1. The molecule has 0 bridgehead atoms. The van der Waals surface area contributed by atoms with Crippen molar-refractivity contribution in [3.8, 4) is 5.75 Å². The van der Waals surface area contributed by atoms with E-state index in [-0.39, 0.29) is 35.6 Å². The molecule has 1 aliphatic carbocycles. The number of hydrogen-bond donors (Lipinski definition) is 0.